The summed E-state index contributed by atoms with van der Waals surface area (Å²) in [6, 6.07) is 11.0. The van der Waals surface area contributed by atoms with Crippen LogP contribution in [0.1, 0.15) is 31.2 Å². The van der Waals surface area contributed by atoms with Crippen molar-refractivity contribution < 1.29 is 4.74 Å². The van der Waals surface area contributed by atoms with Gasteiger partial charge in [0.25, 0.3) is 0 Å². The Balaban J connectivity index is 0.00000312. The molecule has 1 aromatic carbocycles. The van der Waals surface area contributed by atoms with Crippen molar-refractivity contribution in [2.24, 2.45) is 4.99 Å². The molecular weight excluding hydrogens is 445 g/mol. The Hall–Kier alpha value is -0.470. The van der Waals surface area contributed by atoms with Crippen LogP contribution in [0.15, 0.2) is 35.3 Å². The van der Waals surface area contributed by atoms with Crippen LogP contribution in [-0.2, 0) is 11.2 Å². The predicted molar refractivity (Wildman–Crippen MR) is 120 cm³/mol. The topological polar surface area (TPSA) is 45.7 Å². The van der Waals surface area contributed by atoms with Crippen LogP contribution in [0, 0.1) is 0 Å². The maximum Gasteiger partial charge on any atom is 0.191 e. The first-order valence-electron chi connectivity index (χ1n) is 8.93. The Morgan fingerprint density at radius 2 is 2.04 bits per heavy atom. The Kier molecular flexibility index (Phi) is 12.4. The summed E-state index contributed by atoms with van der Waals surface area (Å²) in [7, 11) is 1.84. The molecule has 0 radical (unpaired) electrons. The summed E-state index contributed by atoms with van der Waals surface area (Å²) in [6.45, 7) is 2.47. The number of benzene rings is 1. The molecule has 2 unspecified atom stereocenters. The minimum absolute atomic E-state index is 0. The lowest BCUT2D eigenvalue weighted by molar-refractivity contribution is 0.135. The summed E-state index contributed by atoms with van der Waals surface area (Å²) < 4.78 is 5.71. The van der Waals surface area contributed by atoms with E-state index in [2.05, 4.69) is 46.1 Å². The molecule has 0 heterocycles. The van der Waals surface area contributed by atoms with Crippen LogP contribution < -0.4 is 10.6 Å². The number of guanidine groups is 1. The molecule has 1 saturated carbocycles. The van der Waals surface area contributed by atoms with Gasteiger partial charge in [-0.1, -0.05) is 30.3 Å². The molecule has 1 aliphatic carbocycles. The second-order valence-electron chi connectivity index (χ2n) is 6.21. The molecule has 1 aromatic rings. The van der Waals surface area contributed by atoms with Gasteiger partial charge < -0.3 is 15.4 Å². The summed E-state index contributed by atoms with van der Waals surface area (Å²) in [6.07, 6.45) is 7.98. The van der Waals surface area contributed by atoms with Crippen LogP contribution in [-0.4, -0.2) is 50.3 Å². The van der Waals surface area contributed by atoms with Gasteiger partial charge in [-0.3, -0.25) is 4.99 Å². The Morgan fingerprint density at radius 3 is 2.72 bits per heavy atom. The zero-order valence-corrected chi connectivity index (χ0v) is 18.5. The summed E-state index contributed by atoms with van der Waals surface area (Å²) in [5.74, 6) is 0.922. The number of halogens is 1. The number of nitrogens with one attached hydrogen (secondary N) is 2. The first-order valence-corrected chi connectivity index (χ1v) is 10.2. The molecule has 142 valence electrons. The average Bonchev–Trinajstić information content (AvgIpc) is 3.08. The zero-order valence-electron chi connectivity index (χ0n) is 15.4. The largest absolute Gasteiger partial charge is 0.381 e. The van der Waals surface area contributed by atoms with E-state index in [1.165, 1.54) is 24.8 Å². The van der Waals surface area contributed by atoms with E-state index >= 15 is 0 Å². The van der Waals surface area contributed by atoms with Gasteiger partial charge in [0.15, 0.2) is 5.96 Å². The van der Waals surface area contributed by atoms with Crippen molar-refractivity contribution in [3.05, 3.63) is 35.9 Å². The fourth-order valence-electron chi connectivity index (χ4n) is 2.99. The molecule has 0 spiro atoms. The van der Waals surface area contributed by atoms with Crippen molar-refractivity contribution in [2.75, 3.05) is 33.1 Å². The number of hydrogen-bond donors (Lipinski definition) is 2. The molecule has 2 N–H and O–H groups in total. The van der Waals surface area contributed by atoms with Crippen LogP contribution in [0.25, 0.3) is 0 Å². The zero-order chi connectivity index (χ0) is 17.0. The van der Waals surface area contributed by atoms with Crippen LogP contribution in [0.3, 0.4) is 0 Å². The summed E-state index contributed by atoms with van der Waals surface area (Å²) >= 11 is 1.98. The monoisotopic (exact) mass is 477 g/mol. The van der Waals surface area contributed by atoms with Crippen LogP contribution in [0.4, 0.5) is 0 Å². The van der Waals surface area contributed by atoms with E-state index in [9.17, 15) is 0 Å². The molecule has 0 saturated heterocycles. The first-order chi connectivity index (χ1) is 11.8. The Morgan fingerprint density at radius 1 is 1.24 bits per heavy atom. The maximum absolute atomic E-state index is 5.71. The highest BCUT2D eigenvalue weighted by Crippen LogP contribution is 2.27. The quantitative estimate of drug-likeness (QED) is 0.247. The van der Waals surface area contributed by atoms with Gasteiger partial charge in [-0.2, -0.15) is 11.8 Å². The van der Waals surface area contributed by atoms with Gasteiger partial charge in [0.05, 0.1) is 6.61 Å². The maximum atomic E-state index is 5.71. The molecule has 25 heavy (non-hydrogen) atoms. The van der Waals surface area contributed by atoms with E-state index in [1.807, 2.05) is 24.9 Å². The van der Waals surface area contributed by atoms with Gasteiger partial charge in [0.1, 0.15) is 0 Å². The molecule has 0 bridgehead atoms. The highest BCUT2D eigenvalue weighted by molar-refractivity contribution is 14.0. The average molecular weight is 477 g/mol. The molecule has 0 aliphatic heterocycles. The fourth-order valence-corrected chi connectivity index (χ4v) is 3.79. The second-order valence-corrected chi connectivity index (χ2v) is 7.35. The van der Waals surface area contributed by atoms with Crippen LogP contribution in [0.5, 0.6) is 0 Å². The van der Waals surface area contributed by atoms with Crippen molar-refractivity contribution in [2.45, 2.75) is 43.4 Å². The van der Waals surface area contributed by atoms with E-state index in [1.54, 1.807) is 0 Å². The van der Waals surface area contributed by atoms with Gasteiger partial charge >= 0.3 is 0 Å². The lowest BCUT2D eigenvalue weighted by Crippen LogP contribution is -2.43. The highest BCUT2D eigenvalue weighted by Gasteiger charge is 2.24. The predicted octanol–water partition coefficient (Wildman–Crippen LogP) is 3.70. The number of hydrogen-bond acceptors (Lipinski definition) is 3. The molecular formula is C19H32IN3OS. The number of rotatable bonds is 9. The molecule has 6 heteroatoms. The SMILES string of the molecule is CN=C(NCCCOCCc1ccccc1)NC1CCC(SC)C1.I. The summed E-state index contributed by atoms with van der Waals surface area (Å²) in [4.78, 5) is 4.32. The van der Waals surface area contributed by atoms with E-state index in [0.717, 1.165) is 43.8 Å². The lowest BCUT2D eigenvalue weighted by atomic mass is 10.2. The van der Waals surface area contributed by atoms with Crippen molar-refractivity contribution in [1.29, 1.82) is 0 Å². The van der Waals surface area contributed by atoms with E-state index in [4.69, 9.17) is 4.74 Å². The molecule has 4 nitrogen and oxygen atoms in total. The number of ether oxygens (including phenoxy) is 1. The standard InChI is InChI=1S/C19H31N3OS.HI/c1-20-19(22-17-9-10-18(15-17)24-2)21-12-6-13-23-14-11-16-7-4-3-5-8-16;/h3-5,7-8,17-18H,6,9-15H2,1-2H3,(H2,20,21,22);1H. The van der Waals surface area contributed by atoms with Crippen molar-refractivity contribution in [3.63, 3.8) is 0 Å². The Bertz CT molecular complexity index is 487. The molecule has 1 fully saturated rings. The number of nitrogens with zero attached hydrogens (tertiary/aromatic N) is 1. The number of thioether (sulfide) groups is 1. The molecule has 2 atom stereocenters. The minimum atomic E-state index is 0. The summed E-state index contributed by atoms with van der Waals surface area (Å²) in [5.41, 5.74) is 1.33. The highest BCUT2D eigenvalue weighted by atomic mass is 127. The smallest absolute Gasteiger partial charge is 0.191 e. The number of aliphatic imine (C=N–C) groups is 1. The van der Waals surface area contributed by atoms with E-state index in [-0.39, 0.29) is 24.0 Å². The third-order valence-electron chi connectivity index (χ3n) is 4.42. The third kappa shape index (κ3) is 9.15. The third-order valence-corrected chi connectivity index (χ3v) is 5.51. The second kappa shape index (κ2) is 13.7. The van der Waals surface area contributed by atoms with Crippen molar-refractivity contribution >= 4 is 41.7 Å². The summed E-state index contributed by atoms with van der Waals surface area (Å²) in [5, 5.41) is 7.73. The van der Waals surface area contributed by atoms with Gasteiger partial charge in [-0.25, -0.2) is 0 Å². The van der Waals surface area contributed by atoms with Crippen molar-refractivity contribution in [1.82, 2.24) is 10.6 Å². The molecule has 1 aliphatic rings. The lowest BCUT2D eigenvalue weighted by Gasteiger charge is -2.17. The van der Waals surface area contributed by atoms with Gasteiger partial charge in [0, 0.05) is 31.5 Å². The van der Waals surface area contributed by atoms with E-state index < -0.39 is 0 Å². The normalized spacial score (nSPS) is 20.2. The first kappa shape index (κ1) is 22.6. The van der Waals surface area contributed by atoms with Crippen molar-refractivity contribution in [3.8, 4) is 0 Å². The Labute approximate surface area is 174 Å². The van der Waals surface area contributed by atoms with Gasteiger partial charge in [-0.05, 0) is 43.9 Å². The fraction of sp³-hybridized carbons (Fsp3) is 0.632. The van der Waals surface area contributed by atoms with E-state index in [0.29, 0.717) is 6.04 Å². The van der Waals surface area contributed by atoms with Crippen LogP contribution in [0.2, 0.25) is 0 Å². The van der Waals surface area contributed by atoms with Gasteiger partial charge in [-0.15, -0.1) is 24.0 Å². The van der Waals surface area contributed by atoms with Crippen LogP contribution >= 0.6 is 35.7 Å². The minimum Gasteiger partial charge on any atom is -0.381 e. The molecule has 2 rings (SSSR count). The van der Waals surface area contributed by atoms with Gasteiger partial charge in [0.2, 0.25) is 0 Å². The molecule has 0 amide bonds. The molecule has 0 aromatic heterocycles.